The van der Waals surface area contributed by atoms with E-state index in [1.165, 1.54) is 0 Å². The van der Waals surface area contributed by atoms with Gasteiger partial charge in [-0.05, 0) is 18.6 Å². The predicted molar refractivity (Wildman–Crippen MR) is 127 cm³/mol. The van der Waals surface area contributed by atoms with Gasteiger partial charge in [-0.1, -0.05) is 23.7 Å². The first-order chi connectivity index (χ1) is 15.5. The summed E-state index contributed by atoms with van der Waals surface area (Å²) in [6.07, 6.45) is 1.97. The standard InChI is InChI=1S/C22H27ClN6O2S/c1-27-14-15(6-7-19(27)30)24-21-20-17(8-13-32(20)31)25-22(26-21)29-11-9-28(10-12-29)18-5-3-2-4-16(18)23/h2-5,15H,6-14H2,1H3,(H,24,25,26)/t15?,32-/m0/s1. The summed E-state index contributed by atoms with van der Waals surface area (Å²) < 4.78 is 12.7. The van der Waals surface area contributed by atoms with E-state index in [1.807, 2.05) is 31.3 Å². The summed E-state index contributed by atoms with van der Waals surface area (Å²) in [6.45, 7) is 3.85. The lowest BCUT2D eigenvalue weighted by Crippen LogP contribution is -2.47. The lowest BCUT2D eigenvalue weighted by Gasteiger charge is -2.37. The summed E-state index contributed by atoms with van der Waals surface area (Å²) in [5, 5.41) is 4.26. The van der Waals surface area contributed by atoms with Gasteiger partial charge in [0.05, 0.1) is 27.2 Å². The molecule has 4 heterocycles. The number of rotatable bonds is 4. The van der Waals surface area contributed by atoms with Crippen molar-refractivity contribution in [2.45, 2.75) is 30.2 Å². The highest BCUT2D eigenvalue weighted by atomic mass is 35.5. The molecule has 2 saturated heterocycles. The Labute approximate surface area is 195 Å². The molecular formula is C22H27ClN6O2S. The van der Waals surface area contributed by atoms with Gasteiger partial charge in [-0.15, -0.1) is 0 Å². The average molecular weight is 475 g/mol. The number of piperazine rings is 1. The van der Waals surface area contributed by atoms with E-state index in [4.69, 9.17) is 21.6 Å². The second-order valence-electron chi connectivity index (χ2n) is 8.53. The van der Waals surface area contributed by atoms with Crippen LogP contribution in [0.2, 0.25) is 5.02 Å². The maximum Gasteiger partial charge on any atom is 0.227 e. The van der Waals surface area contributed by atoms with E-state index in [-0.39, 0.29) is 11.9 Å². The molecule has 2 aromatic rings. The molecule has 170 valence electrons. The Balaban J connectivity index is 1.35. The lowest BCUT2D eigenvalue weighted by molar-refractivity contribution is -0.132. The summed E-state index contributed by atoms with van der Waals surface area (Å²) in [7, 11) is 0.737. The third-order valence-corrected chi connectivity index (χ3v) is 8.18. The maximum atomic E-state index is 12.7. The van der Waals surface area contributed by atoms with Gasteiger partial charge in [0.2, 0.25) is 11.9 Å². The van der Waals surface area contributed by atoms with Gasteiger partial charge in [0.15, 0.2) is 0 Å². The van der Waals surface area contributed by atoms with E-state index in [0.717, 1.165) is 53.9 Å². The second-order valence-corrected chi connectivity index (χ2v) is 10.4. The van der Waals surface area contributed by atoms with Gasteiger partial charge in [-0.25, -0.2) is 4.98 Å². The predicted octanol–water partition coefficient (Wildman–Crippen LogP) is 2.15. The summed E-state index contributed by atoms with van der Waals surface area (Å²) >= 11 is 6.38. The molecule has 1 aromatic carbocycles. The third kappa shape index (κ3) is 4.15. The maximum absolute atomic E-state index is 12.7. The number of piperidine rings is 1. The van der Waals surface area contributed by atoms with Crippen LogP contribution in [-0.2, 0) is 22.0 Å². The van der Waals surface area contributed by atoms with E-state index >= 15 is 0 Å². The van der Waals surface area contributed by atoms with Gasteiger partial charge in [0.25, 0.3) is 0 Å². The molecule has 1 aromatic heterocycles. The molecular weight excluding hydrogens is 448 g/mol. The van der Waals surface area contributed by atoms with Crippen LogP contribution in [0.1, 0.15) is 18.5 Å². The Morgan fingerprint density at radius 2 is 1.84 bits per heavy atom. The fourth-order valence-corrected chi connectivity index (χ4v) is 6.17. The van der Waals surface area contributed by atoms with E-state index in [9.17, 15) is 9.00 Å². The summed E-state index contributed by atoms with van der Waals surface area (Å²) in [5.74, 6) is 2.11. The molecule has 3 aliphatic heterocycles. The highest BCUT2D eigenvalue weighted by Gasteiger charge is 2.31. The van der Waals surface area contributed by atoms with Crippen LogP contribution in [0.25, 0.3) is 0 Å². The number of carbonyl (C=O) groups excluding carboxylic acids is 1. The van der Waals surface area contributed by atoms with Crippen molar-refractivity contribution in [1.82, 2.24) is 14.9 Å². The minimum absolute atomic E-state index is 0.0965. The van der Waals surface area contributed by atoms with Crippen molar-refractivity contribution in [3.05, 3.63) is 35.0 Å². The molecule has 32 heavy (non-hydrogen) atoms. The average Bonchev–Trinajstić information content (AvgIpc) is 3.18. The van der Waals surface area contributed by atoms with Crippen molar-refractivity contribution in [2.75, 3.05) is 60.6 Å². The highest BCUT2D eigenvalue weighted by Crippen LogP contribution is 2.32. The number of amides is 1. The first-order valence-electron chi connectivity index (χ1n) is 11.0. The highest BCUT2D eigenvalue weighted by molar-refractivity contribution is 7.85. The molecule has 8 nitrogen and oxygen atoms in total. The second kappa shape index (κ2) is 8.86. The quantitative estimate of drug-likeness (QED) is 0.727. The zero-order chi connectivity index (χ0) is 22.2. The van der Waals surface area contributed by atoms with Gasteiger partial charge in [-0.2, -0.15) is 4.98 Å². The first-order valence-corrected chi connectivity index (χ1v) is 12.7. The van der Waals surface area contributed by atoms with E-state index < -0.39 is 10.8 Å². The number of aryl methyl sites for hydroxylation is 1. The Morgan fingerprint density at radius 3 is 2.59 bits per heavy atom. The van der Waals surface area contributed by atoms with Gasteiger partial charge >= 0.3 is 0 Å². The number of nitrogens with one attached hydrogen (secondary N) is 1. The van der Waals surface area contributed by atoms with Crippen molar-refractivity contribution < 1.29 is 9.00 Å². The van der Waals surface area contributed by atoms with Crippen LogP contribution in [0.15, 0.2) is 29.2 Å². The molecule has 1 N–H and O–H groups in total. The molecule has 3 aliphatic rings. The SMILES string of the molecule is CN1CC(Nc2nc(N3CCN(c4ccccc4Cl)CC3)nc3c2[S@@](=O)CC3)CCC1=O. The molecule has 1 unspecified atom stereocenters. The number of para-hydroxylation sites is 1. The number of hydrogen-bond acceptors (Lipinski definition) is 7. The van der Waals surface area contributed by atoms with Crippen molar-refractivity contribution in [1.29, 1.82) is 0 Å². The van der Waals surface area contributed by atoms with Crippen LogP contribution in [0.5, 0.6) is 0 Å². The Kier molecular flexibility index (Phi) is 5.94. The molecule has 10 heteroatoms. The van der Waals surface area contributed by atoms with E-state index in [2.05, 4.69) is 15.1 Å². The molecule has 0 aliphatic carbocycles. The molecule has 0 radical (unpaired) electrons. The largest absolute Gasteiger partial charge is 0.367 e. The Hall–Kier alpha value is -2.39. The number of nitrogens with zero attached hydrogens (tertiary/aromatic N) is 5. The van der Waals surface area contributed by atoms with Crippen LogP contribution >= 0.6 is 11.6 Å². The Morgan fingerprint density at radius 1 is 1.09 bits per heavy atom. The van der Waals surface area contributed by atoms with Gasteiger partial charge in [0, 0.05) is 64.4 Å². The van der Waals surface area contributed by atoms with Crippen LogP contribution in [0.4, 0.5) is 17.5 Å². The van der Waals surface area contributed by atoms with Crippen molar-refractivity contribution in [3.63, 3.8) is 0 Å². The number of anilines is 3. The number of likely N-dealkylation sites (N-methyl/N-ethyl adjacent to an activating group) is 1. The molecule has 0 spiro atoms. The van der Waals surface area contributed by atoms with E-state index in [0.29, 0.717) is 36.9 Å². The summed E-state index contributed by atoms with van der Waals surface area (Å²) in [4.78, 5) is 28.4. The van der Waals surface area contributed by atoms with Gasteiger partial charge in [-0.3, -0.25) is 9.00 Å². The zero-order valence-corrected chi connectivity index (χ0v) is 19.7. The van der Waals surface area contributed by atoms with Crippen molar-refractivity contribution in [3.8, 4) is 0 Å². The normalized spacial score (nSPS) is 23.4. The number of hydrogen-bond donors (Lipinski definition) is 1. The number of fused-ring (bicyclic) bond motifs is 1. The molecule has 0 bridgehead atoms. The molecule has 2 fully saturated rings. The summed E-state index contributed by atoms with van der Waals surface area (Å²) in [6, 6.07) is 8.01. The molecule has 0 saturated carbocycles. The van der Waals surface area contributed by atoms with Gasteiger partial charge < -0.3 is 20.0 Å². The number of aromatic nitrogens is 2. The number of carbonyl (C=O) groups is 1. The molecule has 1 amide bonds. The van der Waals surface area contributed by atoms with Crippen LogP contribution in [0, 0.1) is 0 Å². The van der Waals surface area contributed by atoms with Crippen molar-refractivity contribution in [2.24, 2.45) is 0 Å². The summed E-state index contributed by atoms with van der Waals surface area (Å²) in [5.41, 5.74) is 1.93. The molecule has 5 rings (SSSR count). The van der Waals surface area contributed by atoms with Crippen LogP contribution in [-0.4, -0.2) is 76.6 Å². The molecule has 2 atom stereocenters. The van der Waals surface area contributed by atoms with Crippen LogP contribution in [0.3, 0.4) is 0 Å². The van der Waals surface area contributed by atoms with Crippen LogP contribution < -0.4 is 15.1 Å². The smallest absolute Gasteiger partial charge is 0.227 e. The fourth-order valence-electron chi connectivity index (χ4n) is 4.60. The zero-order valence-electron chi connectivity index (χ0n) is 18.1. The lowest BCUT2D eigenvalue weighted by atomic mass is 10.1. The first kappa shape index (κ1) is 21.5. The van der Waals surface area contributed by atoms with Crippen molar-refractivity contribution >= 4 is 45.8 Å². The minimum Gasteiger partial charge on any atom is -0.367 e. The Bertz CT molecular complexity index is 1060. The number of benzene rings is 1. The minimum atomic E-state index is -1.09. The fraction of sp³-hybridized carbons (Fsp3) is 0.500. The van der Waals surface area contributed by atoms with E-state index in [1.54, 1.807) is 4.90 Å². The third-order valence-electron chi connectivity index (χ3n) is 6.40. The topological polar surface area (TPSA) is 81.7 Å². The number of halogens is 1. The van der Waals surface area contributed by atoms with Gasteiger partial charge in [0.1, 0.15) is 10.7 Å². The monoisotopic (exact) mass is 474 g/mol. The number of likely N-dealkylation sites (tertiary alicyclic amines) is 1.